The van der Waals surface area contributed by atoms with Crippen LogP contribution in [0.1, 0.15) is 26.8 Å². The van der Waals surface area contributed by atoms with Crippen LogP contribution in [0, 0.1) is 13.8 Å². The highest BCUT2D eigenvalue weighted by atomic mass is 35.5. The van der Waals surface area contributed by atoms with Gasteiger partial charge in [-0.2, -0.15) is 0 Å². The summed E-state index contributed by atoms with van der Waals surface area (Å²) in [6.45, 7) is 3.86. The molecule has 0 bridgehead atoms. The highest BCUT2D eigenvalue weighted by molar-refractivity contribution is 7.20. The molecule has 3 aromatic rings. The van der Waals surface area contributed by atoms with Crippen molar-refractivity contribution in [3.05, 3.63) is 42.9 Å². The lowest BCUT2D eigenvalue weighted by Crippen LogP contribution is -2.11. The van der Waals surface area contributed by atoms with Gasteiger partial charge in [0.15, 0.2) is 11.5 Å². The van der Waals surface area contributed by atoms with Crippen molar-refractivity contribution in [2.75, 3.05) is 0 Å². The third-order valence-corrected chi connectivity index (χ3v) is 5.72. The van der Waals surface area contributed by atoms with E-state index < -0.39 is 5.97 Å². The molecule has 1 N–H and O–H groups in total. The van der Waals surface area contributed by atoms with Crippen molar-refractivity contribution >= 4 is 51.8 Å². The molecule has 0 spiro atoms. The van der Waals surface area contributed by atoms with E-state index in [9.17, 15) is 9.90 Å². The molecular weight excluding hydrogens is 377 g/mol. The molecule has 0 atom stereocenters. The number of thiazole rings is 1. The summed E-state index contributed by atoms with van der Waals surface area (Å²) in [4.78, 5) is 21.1. The first kappa shape index (κ1) is 16.4. The molecule has 23 heavy (non-hydrogen) atoms. The van der Waals surface area contributed by atoms with Crippen LogP contribution in [-0.4, -0.2) is 25.6 Å². The Bertz CT molecular complexity index is 898. The Morgan fingerprint density at radius 3 is 2.61 bits per heavy atom. The highest BCUT2D eigenvalue weighted by Crippen LogP contribution is 2.34. The van der Waals surface area contributed by atoms with Crippen molar-refractivity contribution in [3.8, 4) is 10.7 Å². The molecule has 5 nitrogen and oxygen atoms in total. The zero-order valence-corrected chi connectivity index (χ0v) is 15.3. The van der Waals surface area contributed by atoms with Gasteiger partial charge in [-0.05, 0) is 19.9 Å². The van der Waals surface area contributed by atoms with Gasteiger partial charge >= 0.3 is 5.97 Å². The Balaban J connectivity index is 2.16. The van der Waals surface area contributed by atoms with E-state index in [1.54, 1.807) is 23.8 Å². The minimum atomic E-state index is -1.03. The van der Waals surface area contributed by atoms with Gasteiger partial charge in [0.2, 0.25) is 0 Å². The van der Waals surface area contributed by atoms with Gasteiger partial charge in [-0.15, -0.1) is 22.7 Å². The standard InChI is InChI=1S/C14H11Cl2N3O2S2/c1-6-11(14(20)21)19(5-8-3-10(15)23-12(8)16)13(18-6)9-4-17-7(2)22-9/h3-4H,5H2,1-2H3,(H,20,21). The Morgan fingerprint density at radius 1 is 1.35 bits per heavy atom. The topological polar surface area (TPSA) is 68.0 Å². The molecule has 0 unspecified atom stereocenters. The van der Waals surface area contributed by atoms with Gasteiger partial charge in [-0.25, -0.2) is 14.8 Å². The number of nitrogens with zero attached hydrogens (tertiary/aromatic N) is 3. The van der Waals surface area contributed by atoms with E-state index >= 15 is 0 Å². The van der Waals surface area contributed by atoms with Crippen LogP contribution >= 0.6 is 45.9 Å². The van der Waals surface area contributed by atoms with E-state index in [0.29, 0.717) is 20.2 Å². The van der Waals surface area contributed by atoms with Crippen molar-refractivity contribution in [1.29, 1.82) is 0 Å². The minimum absolute atomic E-state index is 0.143. The lowest BCUT2D eigenvalue weighted by Gasteiger charge is -2.08. The van der Waals surface area contributed by atoms with Gasteiger partial charge in [0.05, 0.1) is 30.8 Å². The summed E-state index contributed by atoms with van der Waals surface area (Å²) in [5.74, 6) is -0.455. The summed E-state index contributed by atoms with van der Waals surface area (Å²) in [6.07, 6.45) is 1.70. The molecule has 0 radical (unpaired) electrons. The van der Waals surface area contributed by atoms with Crippen molar-refractivity contribution in [2.45, 2.75) is 20.4 Å². The average molecular weight is 388 g/mol. The summed E-state index contributed by atoms with van der Waals surface area (Å²) in [5, 5.41) is 10.4. The van der Waals surface area contributed by atoms with Crippen LogP contribution in [0.3, 0.4) is 0 Å². The lowest BCUT2D eigenvalue weighted by molar-refractivity contribution is 0.0685. The number of aromatic nitrogens is 3. The Hall–Kier alpha value is -1.41. The summed E-state index contributed by atoms with van der Waals surface area (Å²) in [6, 6.07) is 1.75. The zero-order valence-electron chi connectivity index (χ0n) is 12.1. The van der Waals surface area contributed by atoms with E-state index in [1.807, 2.05) is 6.92 Å². The minimum Gasteiger partial charge on any atom is -0.477 e. The molecule has 3 rings (SSSR count). The molecule has 0 aliphatic rings. The number of aryl methyl sites for hydroxylation is 2. The predicted octanol–water partition coefficient (Wildman–Crippen LogP) is 4.74. The first-order valence-electron chi connectivity index (χ1n) is 6.53. The number of rotatable bonds is 4. The molecule has 0 saturated heterocycles. The van der Waals surface area contributed by atoms with Crippen LogP contribution in [-0.2, 0) is 6.54 Å². The molecule has 0 aromatic carbocycles. The number of hydrogen-bond acceptors (Lipinski definition) is 5. The van der Waals surface area contributed by atoms with Crippen molar-refractivity contribution in [3.63, 3.8) is 0 Å². The molecule has 0 amide bonds. The number of carboxylic acid groups (broad SMARTS) is 1. The van der Waals surface area contributed by atoms with E-state index in [-0.39, 0.29) is 12.2 Å². The monoisotopic (exact) mass is 387 g/mol. The molecule has 3 heterocycles. The number of carbonyl (C=O) groups is 1. The molecule has 0 saturated carbocycles. The lowest BCUT2D eigenvalue weighted by atomic mass is 10.3. The molecule has 0 aliphatic carbocycles. The van der Waals surface area contributed by atoms with E-state index in [0.717, 1.165) is 15.4 Å². The van der Waals surface area contributed by atoms with Gasteiger partial charge in [0.1, 0.15) is 0 Å². The number of thiophene rings is 1. The number of carboxylic acids is 1. The van der Waals surface area contributed by atoms with Crippen LogP contribution in [0.15, 0.2) is 12.3 Å². The number of aromatic carboxylic acids is 1. The highest BCUT2D eigenvalue weighted by Gasteiger charge is 2.23. The molecule has 0 aliphatic heterocycles. The second-order valence-corrected chi connectivity index (χ2v) is 8.37. The summed E-state index contributed by atoms with van der Waals surface area (Å²) in [5.41, 5.74) is 1.37. The van der Waals surface area contributed by atoms with Crippen LogP contribution in [0.5, 0.6) is 0 Å². The first-order valence-corrected chi connectivity index (χ1v) is 8.92. The average Bonchev–Trinajstić information content (AvgIpc) is 3.09. The third-order valence-electron chi connectivity index (χ3n) is 3.24. The largest absolute Gasteiger partial charge is 0.477 e. The first-order chi connectivity index (χ1) is 10.9. The summed E-state index contributed by atoms with van der Waals surface area (Å²) < 4.78 is 2.76. The fraction of sp³-hybridized carbons (Fsp3) is 0.214. The van der Waals surface area contributed by atoms with Crippen molar-refractivity contribution in [1.82, 2.24) is 14.5 Å². The molecule has 9 heteroatoms. The molecule has 120 valence electrons. The SMILES string of the molecule is Cc1ncc(-c2nc(C)c(C(=O)O)n2Cc2cc(Cl)sc2Cl)s1. The Morgan fingerprint density at radius 2 is 2.09 bits per heavy atom. The Labute approximate surface area is 150 Å². The van der Waals surface area contributed by atoms with Crippen molar-refractivity contribution < 1.29 is 9.90 Å². The van der Waals surface area contributed by atoms with Crippen LogP contribution in [0.4, 0.5) is 0 Å². The predicted molar refractivity (Wildman–Crippen MR) is 93.2 cm³/mol. The van der Waals surface area contributed by atoms with Gasteiger partial charge in [-0.3, -0.25) is 0 Å². The van der Waals surface area contributed by atoms with E-state index in [4.69, 9.17) is 23.2 Å². The summed E-state index contributed by atoms with van der Waals surface area (Å²) in [7, 11) is 0. The second kappa shape index (κ2) is 6.24. The quantitative estimate of drug-likeness (QED) is 0.701. The normalized spacial score (nSPS) is 11.1. The summed E-state index contributed by atoms with van der Waals surface area (Å²) >= 11 is 14.9. The molecule has 3 aromatic heterocycles. The van der Waals surface area contributed by atoms with Crippen molar-refractivity contribution in [2.24, 2.45) is 0 Å². The van der Waals surface area contributed by atoms with Gasteiger partial charge < -0.3 is 9.67 Å². The zero-order chi connectivity index (χ0) is 16.7. The van der Waals surface area contributed by atoms with E-state index in [1.165, 1.54) is 22.7 Å². The maximum Gasteiger partial charge on any atom is 0.354 e. The smallest absolute Gasteiger partial charge is 0.354 e. The van der Waals surface area contributed by atoms with Gasteiger partial charge in [-0.1, -0.05) is 23.2 Å². The van der Waals surface area contributed by atoms with Crippen LogP contribution < -0.4 is 0 Å². The van der Waals surface area contributed by atoms with Crippen LogP contribution in [0.2, 0.25) is 8.67 Å². The third kappa shape index (κ3) is 3.14. The van der Waals surface area contributed by atoms with Crippen LogP contribution in [0.25, 0.3) is 10.7 Å². The second-order valence-electron chi connectivity index (χ2n) is 4.85. The fourth-order valence-electron chi connectivity index (χ4n) is 2.30. The van der Waals surface area contributed by atoms with E-state index in [2.05, 4.69) is 9.97 Å². The molecule has 0 fully saturated rings. The maximum atomic E-state index is 11.6. The number of halogens is 2. The number of imidazole rings is 1. The van der Waals surface area contributed by atoms with Gasteiger partial charge in [0.25, 0.3) is 0 Å². The Kier molecular flexibility index (Phi) is 4.46. The molecular formula is C14H11Cl2N3O2S2. The maximum absolute atomic E-state index is 11.6. The fourth-order valence-corrected chi connectivity index (χ4v) is 4.55. The van der Waals surface area contributed by atoms with Gasteiger partial charge in [0, 0.05) is 11.8 Å². The number of hydrogen-bond donors (Lipinski definition) is 1.